The minimum absolute atomic E-state index is 0.442. The van der Waals surface area contributed by atoms with Crippen LogP contribution >= 0.6 is 0 Å². The van der Waals surface area contributed by atoms with E-state index < -0.39 is 5.60 Å². The summed E-state index contributed by atoms with van der Waals surface area (Å²) in [7, 11) is 3.40. The Morgan fingerprint density at radius 2 is 2.40 bits per heavy atom. The van der Waals surface area contributed by atoms with Crippen molar-refractivity contribution in [2.75, 3.05) is 26.8 Å². The van der Waals surface area contributed by atoms with Gasteiger partial charge in [-0.15, -0.1) is 5.10 Å². The van der Waals surface area contributed by atoms with Gasteiger partial charge in [-0.3, -0.25) is 0 Å². The predicted molar refractivity (Wildman–Crippen MR) is 55.3 cm³/mol. The van der Waals surface area contributed by atoms with Crippen molar-refractivity contribution in [3.63, 3.8) is 0 Å². The van der Waals surface area contributed by atoms with Gasteiger partial charge in [0.05, 0.1) is 18.5 Å². The third kappa shape index (κ3) is 3.26. The average Bonchev–Trinajstić information content (AvgIpc) is 2.60. The third-order valence-corrected chi connectivity index (χ3v) is 2.22. The molecule has 0 radical (unpaired) electrons. The van der Waals surface area contributed by atoms with Crippen LogP contribution < -0.4 is 5.32 Å². The van der Waals surface area contributed by atoms with E-state index in [2.05, 4.69) is 15.6 Å². The van der Waals surface area contributed by atoms with Crippen molar-refractivity contribution in [1.29, 1.82) is 0 Å². The van der Waals surface area contributed by atoms with Crippen LogP contribution in [-0.2, 0) is 17.4 Å². The smallest absolute Gasteiger partial charge is 0.117 e. The zero-order valence-corrected chi connectivity index (χ0v) is 9.40. The minimum atomic E-state index is -0.966. The van der Waals surface area contributed by atoms with Crippen LogP contribution in [0.15, 0.2) is 6.20 Å². The molecule has 1 atom stereocenters. The van der Waals surface area contributed by atoms with Gasteiger partial charge in [0.25, 0.3) is 0 Å². The Hall–Kier alpha value is -0.980. The number of hydrogen-bond acceptors (Lipinski definition) is 5. The molecule has 86 valence electrons. The van der Waals surface area contributed by atoms with E-state index in [0.717, 1.165) is 0 Å². The summed E-state index contributed by atoms with van der Waals surface area (Å²) in [5.74, 6) is 0. The van der Waals surface area contributed by atoms with Gasteiger partial charge in [-0.2, -0.15) is 0 Å². The van der Waals surface area contributed by atoms with Crippen LogP contribution in [0.5, 0.6) is 0 Å². The van der Waals surface area contributed by atoms with Crippen molar-refractivity contribution in [2.24, 2.45) is 7.05 Å². The SMILES string of the molecule is COCCNCC(C)(O)c1cnnn1C. The molecule has 0 aliphatic rings. The first-order valence-electron chi connectivity index (χ1n) is 4.85. The minimum Gasteiger partial charge on any atom is -0.383 e. The van der Waals surface area contributed by atoms with Crippen molar-refractivity contribution in [3.05, 3.63) is 11.9 Å². The molecule has 0 spiro atoms. The highest BCUT2D eigenvalue weighted by Gasteiger charge is 2.26. The average molecular weight is 214 g/mol. The van der Waals surface area contributed by atoms with Crippen LogP contribution in [0.25, 0.3) is 0 Å². The number of nitrogens with zero attached hydrogens (tertiary/aromatic N) is 3. The van der Waals surface area contributed by atoms with Gasteiger partial charge in [0, 0.05) is 27.2 Å². The molecule has 6 heteroatoms. The summed E-state index contributed by atoms with van der Waals surface area (Å²) < 4.78 is 6.46. The number of rotatable bonds is 6. The molecule has 1 rings (SSSR count). The summed E-state index contributed by atoms with van der Waals surface area (Å²) in [5, 5.41) is 20.8. The number of methoxy groups -OCH3 is 1. The second-order valence-corrected chi connectivity index (χ2v) is 3.69. The molecule has 6 nitrogen and oxygen atoms in total. The number of hydrogen-bond donors (Lipinski definition) is 2. The van der Waals surface area contributed by atoms with Crippen LogP contribution in [0.1, 0.15) is 12.6 Å². The molecule has 0 aromatic carbocycles. The lowest BCUT2D eigenvalue weighted by atomic mass is 10.0. The quantitative estimate of drug-likeness (QED) is 0.610. The van der Waals surface area contributed by atoms with Gasteiger partial charge in [-0.25, -0.2) is 4.68 Å². The first-order chi connectivity index (χ1) is 7.08. The van der Waals surface area contributed by atoms with Gasteiger partial charge in [0.2, 0.25) is 0 Å². The first kappa shape index (κ1) is 12.1. The van der Waals surface area contributed by atoms with E-state index in [4.69, 9.17) is 4.74 Å². The molecule has 0 amide bonds. The highest BCUT2D eigenvalue weighted by molar-refractivity contribution is 5.06. The Morgan fingerprint density at radius 1 is 1.67 bits per heavy atom. The molecule has 0 bridgehead atoms. The van der Waals surface area contributed by atoms with Crippen molar-refractivity contribution in [1.82, 2.24) is 20.3 Å². The zero-order chi connectivity index (χ0) is 11.3. The third-order valence-electron chi connectivity index (χ3n) is 2.22. The largest absolute Gasteiger partial charge is 0.383 e. The maximum absolute atomic E-state index is 10.2. The van der Waals surface area contributed by atoms with Crippen molar-refractivity contribution in [2.45, 2.75) is 12.5 Å². The van der Waals surface area contributed by atoms with E-state index in [1.807, 2.05) is 0 Å². The van der Waals surface area contributed by atoms with Crippen LogP contribution in [0, 0.1) is 0 Å². The first-order valence-corrected chi connectivity index (χ1v) is 4.85. The highest BCUT2D eigenvalue weighted by atomic mass is 16.5. The topological polar surface area (TPSA) is 72.2 Å². The van der Waals surface area contributed by atoms with Crippen LogP contribution in [0.4, 0.5) is 0 Å². The van der Waals surface area contributed by atoms with Crippen molar-refractivity contribution >= 4 is 0 Å². The standard InChI is InChI=1S/C9H18N4O2/c1-9(14,7-10-4-5-15-3)8-6-11-12-13(8)2/h6,10,14H,4-5,7H2,1-3H3. The molecule has 0 fully saturated rings. The molecule has 0 aliphatic heterocycles. The van der Waals surface area contributed by atoms with Gasteiger partial charge in [0.1, 0.15) is 5.60 Å². The number of aryl methyl sites for hydroxylation is 1. The number of ether oxygens (including phenoxy) is 1. The molecule has 2 N–H and O–H groups in total. The maximum atomic E-state index is 10.2. The summed E-state index contributed by atoms with van der Waals surface area (Å²) in [6.07, 6.45) is 1.57. The normalized spacial score (nSPS) is 15.2. The Morgan fingerprint density at radius 3 is 2.93 bits per heavy atom. The molecule has 0 saturated heterocycles. The number of aromatic nitrogens is 3. The molecule has 1 aromatic heterocycles. The van der Waals surface area contributed by atoms with Crippen LogP contribution in [0.2, 0.25) is 0 Å². The Bertz CT molecular complexity index is 298. The van der Waals surface area contributed by atoms with Crippen molar-refractivity contribution < 1.29 is 9.84 Å². The van der Waals surface area contributed by atoms with E-state index in [1.54, 1.807) is 32.0 Å². The molecule has 1 heterocycles. The van der Waals surface area contributed by atoms with Crippen molar-refractivity contribution in [3.8, 4) is 0 Å². The second kappa shape index (κ2) is 5.20. The number of nitrogens with one attached hydrogen (secondary N) is 1. The van der Waals surface area contributed by atoms with E-state index >= 15 is 0 Å². The zero-order valence-electron chi connectivity index (χ0n) is 9.40. The second-order valence-electron chi connectivity index (χ2n) is 3.69. The van der Waals surface area contributed by atoms with E-state index in [-0.39, 0.29) is 0 Å². The molecule has 1 aromatic rings. The summed E-state index contributed by atoms with van der Waals surface area (Å²) >= 11 is 0. The fourth-order valence-corrected chi connectivity index (χ4v) is 1.37. The van der Waals surface area contributed by atoms with E-state index in [1.165, 1.54) is 0 Å². The molecular weight excluding hydrogens is 196 g/mol. The Labute approximate surface area is 89.2 Å². The lowest BCUT2D eigenvalue weighted by Gasteiger charge is -2.23. The molecule has 0 aliphatic carbocycles. The fourth-order valence-electron chi connectivity index (χ4n) is 1.37. The Kier molecular flexibility index (Phi) is 4.19. The molecule has 1 unspecified atom stereocenters. The monoisotopic (exact) mass is 214 g/mol. The van der Waals surface area contributed by atoms with E-state index in [0.29, 0.717) is 25.4 Å². The van der Waals surface area contributed by atoms with Gasteiger partial charge in [-0.05, 0) is 6.92 Å². The van der Waals surface area contributed by atoms with Gasteiger partial charge < -0.3 is 15.2 Å². The summed E-state index contributed by atoms with van der Waals surface area (Å²) in [5.41, 5.74) is -0.279. The summed E-state index contributed by atoms with van der Waals surface area (Å²) in [6, 6.07) is 0. The summed E-state index contributed by atoms with van der Waals surface area (Å²) in [6.45, 7) is 3.50. The number of aliphatic hydroxyl groups is 1. The lowest BCUT2D eigenvalue weighted by Crippen LogP contribution is -2.38. The van der Waals surface area contributed by atoms with Crippen LogP contribution in [0.3, 0.4) is 0 Å². The molecule has 0 saturated carbocycles. The Balaban J connectivity index is 2.48. The van der Waals surface area contributed by atoms with Gasteiger partial charge in [0.15, 0.2) is 0 Å². The van der Waals surface area contributed by atoms with Gasteiger partial charge in [-0.1, -0.05) is 5.21 Å². The highest BCUT2D eigenvalue weighted by Crippen LogP contribution is 2.16. The van der Waals surface area contributed by atoms with Gasteiger partial charge >= 0.3 is 0 Å². The fraction of sp³-hybridized carbons (Fsp3) is 0.778. The molecular formula is C9H18N4O2. The molecule has 15 heavy (non-hydrogen) atoms. The predicted octanol–water partition coefficient (Wildman–Crippen LogP) is -0.741. The van der Waals surface area contributed by atoms with E-state index in [9.17, 15) is 5.11 Å². The maximum Gasteiger partial charge on any atom is 0.117 e. The van der Waals surface area contributed by atoms with Crippen LogP contribution in [-0.4, -0.2) is 46.9 Å². The lowest BCUT2D eigenvalue weighted by molar-refractivity contribution is 0.0468. The summed E-state index contributed by atoms with van der Waals surface area (Å²) in [4.78, 5) is 0.